The summed E-state index contributed by atoms with van der Waals surface area (Å²) in [5, 5.41) is 0. The number of ether oxygens (including phenoxy) is 2. The molecule has 29 heavy (non-hydrogen) atoms. The van der Waals surface area contributed by atoms with Gasteiger partial charge in [-0.1, -0.05) is 0 Å². The molecule has 2 aromatic rings. The molecular formula is C20H21BrN2O6. The summed E-state index contributed by atoms with van der Waals surface area (Å²) in [6.45, 7) is 3.85. The Balaban J connectivity index is 1.59. The number of carbonyl (C=O) groups excluding carboxylic acids is 3. The summed E-state index contributed by atoms with van der Waals surface area (Å²) < 4.78 is 15.6. The number of furan rings is 1. The maximum Gasteiger partial charge on any atom is 0.513 e. The molecule has 1 aliphatic rings. The van der Waals surface area contributed by atoms with Gasteiger partial charge in [0, 0.05) is 31.7 Å². The Bertz CT molecular complexity index is 879. The van der Waals surface area contributed by atoms with Crippen LogP contribution in [0.2, 0.25) is 0 Å². The molecule has 0 aliphatic carbocycles. The number of hydrogen-bond donors (Lipinski definition) is 0. The van der Waals surface area contributed by atoms with Crippen LogP contribution < -0.4 is 4.74 Å². The van der Waals surface area contributed by atoms with Gasteiger partial charge in [-0.05, 0) is 65.7 Å². The van der Waals surface area contributed by atoms with Crippen molar-refractivity contribution in [2.45, 2.75) is 13.3 Å². The highest BCUT2D eigenvalue weighted by Gasteiger charge is 2.25. The van der Waals surface area contributed by atoms with E-state index in [9.17, 15) is 14.4 Å². The highest BCUT2D eigenvalue weighted by Crippen LogP contribution is 2.18. The van der Waals surface area contributed by atoms with E-state index in [0.29, 0.717) is 48.6 Å². The molecule has 0 radical (unpaired) electrons. The fraction of sp³-hybridized carbons (Fsp3) is 0.350. The Kier molecular flexibility index (Phi) is 6.92. The number of hydrogen-bond acceptors (Lipinski definition) is 6. The average molecular weight is 465 g/mol. The first-order valence-corrected chi connectivity index (χ1v) is 10.1. The van der Waals surface area contributed by atoms with E-state index >= 15 is 0 Å². The zero-order valence-electron chi connectivity index (χ0n) is 15.9. The molecule has 0 unspecified atom stereocenters. The third kappa shape index (κ3) is 5.38. The van der Waals surface area contributed by atoms with Gasteiger partial charge in [0.15, 0.2) is 10.4 Å². The van der Waals surface area contributed by atoms with Crippen molar-refractivity contribution in [1.82, 2.24) is 9.80 Å². The molecule has 3 rings (SSSR count). The van der Waals surface area contributed by atoms with E-state index in [4.69, 9.17) is 13.9 Å². The van der Waals surface area contributed by atoms with Crippen molar-refractivity contribution in [2.24, 2.45) is 0 Å². The highest BCUT2D eigenvalue weighted by atomic mass is 79.9. The van der Waals surface area contributed by atoms with Crippen molar-refractivity contribution in [3.63, 3.8) is 0 Å². The summed E-state index contributed by atoms with van der Waals surface area (Å²) in [4.78, 5) is 40.1. The number of nitrogens with zero attached hydrogens (tertiary/aromatic N) is 2. The molecule has 0 spiro atoms. The summed E-state index contributed by atoms with van der Waals surface area (Å²) in [7, 11) is 0. The van der Waals surface area contributed by atoms with Crippen molar-refractivity contribution in [3.05, 3.63) is 52.4 Å². The van der Waals surface area contributed by atoms with Crippen LogP contribution in [0.5, 0.6) is 5.75 Å². The lowest BCUT2D eigenvalue weighted by Gasteiger charge is -2.21. The van der Waals surface area contributed by atoms with Gasteiger partial charge in [0.25, 0.3) is 11.8 Å². The second-order valence-corrected chi connectivity index (χ2v) is 7.13. The molecule has 1 aliphatic heterocycles. The van der Waals surface area contributed by atoms with Crippen LogP contribution in [0.25, 0.3) is 0 Å². The minimum absolute atomic E-state index is 0.136. The molecule has 1 aromatic heterocycles. The smallest absolute Gasteiger partial charge is 0.444 e. The van der Waals surface area contributed by atoms with Crippen LogP contribution in [0.3, 0.4) is 0 Å². The zero-order chi connectivity index (χ0) is 20.8. The van der Waals surface area contributed by atoms with Crippen LogP contribution in [0.4, 0.5) is 4.79 Å². The molecule has 2 heterocycles. The maximum atomic E-state index is 12.8. The van der Waals surface area contributed by atoms with Crippen LogP contribution >= 0.6 is 15.9 Å². The van der Waals surface area contributed by atoms with E-state index in [0.717, 1.165) is 0 Å². The van der Waals surface area contributed by atoms with Gasteiger partial charge in [-0.15, -0.1) is 0 Å². The first-order valence-electron chi connectivity index (χ1n) is 9.26. The van der Waals surface area contributed by atoms with Gasteiger partial charge in [-0.2, -0.15) is 0 Å². The van der Waals surface area contributed by atoms with Gasteiger partial charge in [-0.3, -0.25) is 9.59 Å². The molecule has 8 nitrogen and oxygen atoms in total. The molecule has 9 heteroatoms. The number of halogens is 1. The molecule has 154 valence electrons. The lowest BCUT2D eigenvalue weighted by Crippen LogP contribution is -2.37. The molecular weight excluding hydrogens is 444 g/mol. The minimum atomic E-state index is -0.785. The normalized spacial score (nSPS) is 14.3. The molecule has 1 fully saturated rings. The molecule has 0 N–H and O–H groups in total. The van der Waals surface area contributed by atoms with Crippen LogP contribution in [-0.2, 0) is 4.74 Å². The monoisotopic (exact) mass is 464 g/mol. The fourth-order valence-electron chi connectivity index (χ4n) is 3.00. The predicted molar refractivity (Wildman–Crippen MR) is 107 cm³/mol. The van der Waals surface area contributed by atoms with Gasteiger partial charge < -0.3 is 23.7 Å². The van der Waals surface area contributed by atoms with Crippen LogP contribution in [0, 0.1) is 0 Å². The number of benzene rings is 1. The topological polar surface area (TPSA) is 89.3 Å². The Labute approximate surface area is 176 Å². The predicted octanol–water partition coefficient (Wildman–Crippen LogP) is 3.57. The van der Waals surface area contributed by atoms with Crippen LogP contribution in [0.15, 0.2) is 45.5 Å². The first kappa shape index (κ1) is 20.9. The van der Waals surface area contributed by atoms with E-state index in [1.807, 2.05) is 0 Å². The third-order valence-corrected chi connectivity index (χ3v) is 4.85. The highest BCUT2D eigenvalue weighted by molar-refractivity contribution is 9.10. The molecule has 1 aromatic carbocycles. The quantitative estimate of drug-likeness (QED) is 0.507. The number of amides is 2. The van der Waals surface area contributed by atoms with Crippen LogP contribution in [-0.4, -0.2) is 60.6 Å². The molecule has 0 bridgehead atoms. The summed E-state index contributed by atoms with van der Waals surface area (Å²) in [6, 6.07) is 9.60. The number of rotatable bonds is 4. The summed E-state index contributed by atoms with van der Waals surface area (Å²) in [5.74, 6) is 0.249. The van der Waals surface area contributed by atoms with Crippen molar-refractivity contribution < 1.29 is 28.3 Å². The maximum absolute atomic E-state index is 12.8. The second kappa shape index (κ2) is 9.60. The van der Waals surface area contributed by atoms with E-state index < -0.39 is 6.16 Å². The van der Waals surface area contributed by atoms with Crippen molar-refractivity contribution in [1.29, 1.82) is 0 Å². The number of carbonyl (C=O) groups is 3. The second-order valence-electron chi connectivity index (χ2n) is 6.35. The van der Waals surface area contributed by atoms with Gasteiger partial charge in [0.05, 0.1) is 6.61 Å². The van der Waals surface area contributed by atoms with Gasteiger partial charge >= 0.3 is 6.16 Å². The zero-order valence-corrected chi connectivity index (χ0v) is 17.5. The summed E-state index contributed by atoms with van der Waals surface area (Å²) in [6.07, 6.45) is -0.115. The van der Waals surface area contributed by atoms with Crippen molar-refractivity contribution >= 4 is 33.9 Å². The molecule has 0 saturated carbocycles. The Morgan fingerprint density at radius 1 is 0.966 bits per heavy atom. The van der Waals surface area contributed by atoms with Gasteiger partial charge in [-0.25, -0.2) is 4.79 Å². The van der Waals surface area contributed by atoms with Crippen LogP contribution in [0.1, 0.15) is 34.3 Å². The third-order valence-electron chi connectivity index (χ3n) is 4.42. The Morgan fingerprint density at radius 3 is 2.21 bits per heavy atom. The van der Waals surface area contributed by atoms with E-state index in [1.54, 1.807) is 53.1 Å². The summed E-state index contributed by atoms with van der Waals surface area (Å²) in [5.41, 5.74) is 0.482. The van der Waals surface area contributed by atoms with Crippen molar-refractivity contribution in [3.8, 4) is 5.75 Å². The van der Waals surface area contributed by atoms with Gasteiger partial charge in [0.1, 0.15) is 5.75 Å². The average Bonchev–Trinajstić information content (AvgIpc) is 2.99. The van der Waals surface area contributed by atoms with E-state index in [2.05, 4.69) is 15.9 Å². The lowest BCUT2D eigenvalue weighted by molar-refractivity contribution is 0.0699. The fourth-order valence-corrected chi connectivity index (χ4v) is 3.31. The molecule has 0 atom stereocenters. The van der Waals surface area contributed by atoms with Gasteiger partial charge in [0.2, 0.25) is 0 Å². The Morgan fingerprint density at radius 2 is 1.62 bits per heavy atom. The summed E-state index contributed by atoms with van der Waals surface area (Å²) >= 11 is 3.20. The molecule has 1 saturated heterocycles. The van der Waals surface area contributed by atoms with E-state index in [1.165, 1.54) is 0 Å². The standard InChI is InChI=1S/C20H21BrN2O6/c1-2-27-20(26)28-15-6-4-14(5-7-15)18(24)22-10-3-11-23(13-12-22)19(25)16-8-9-17(21)29-16/h4-9H,2-3,10-13H2,1H3. The largest absolute Gasteiger partial charge is 0.513 e. The van der Waals surface area contributed by atoms with E-state index in [-0.39, 0.29) is 24.2 Å². The SMILES string of the molecule is CCOC(=O)Oc1ccc(C(=O)N2CCCN(C(=O)c3ccc(Br)o3)CC2)cc1. The van der Waals surface area contributed by atoms with Crippen molar-refractivity contribution in [2.75, 3.05) is 32.8 Å². The lowest BCUT2D eigenvalue weighted by atomic mass is 10.2. The first-order chi connectivity index (χ1) is 14.0. The molecule has 2 amide bonds. The minimum Gasteiger partial charge on any atom is -0.444 e. The Hall–Kier alpha value is -2.81.